The number of aliphatic imine (C=N–C) groups is 1. The first-order valence-corrected chi connectivity index (χ1v) is 7.22. The lowest BCUT2D eigenvalue weighted by Crippen LogP contribution is -2.19. The van der Waals surface area contributed by atoms with E-state index in [2.05, 4.69) is 10.3 Å². The van der Waals surface area contributed by atoms with Gasteiger partial charge in [0.05, 0.1) is 10.6 Å². The van der Waals surface area contributed by atoms with Crippen LogP contribution in [0.25, 0.3) is 6.08 Å². The minimum atomic E-state index is -0.363. The van der Waals surface area contributed by atoms with E-state index < -0.39 is 0 Å². The quantitative estimate of drug-likeness (QED) is 0.855. The lowest BCUT2D eigenvalue weighted by molar-refractivity contribution is -0.115. The summed E-state index contributed by atoms with van der Waals surface area (Å²) < 4.78 is 26.0. The Labute approximate surface area is 129 Å². The van der Waals surface area contributed by atoms with Gasteiger partial charge in [0.15, 0.2) is 5.17 Å². The Hall–Kier alpha value is -2.47. The number of nitrogens with one attached hydrogen (secondary N) is 1. The van der Waals surface area contributed by atoms with Crippen LogP contribution in [0.3, 0.4) is 0 Å². The van der Waals surface area contributed by atoms with Gasteiger partial charge in [-0.3, -0.25) is 4.79 Å². The van der Waals surface area contributed by atoms with Crippen LogP contribution >= 0.6 is 11.8 Å². The summed E-state index contributed by atoms with van der Waals surface area (Å²) in [5.41, 5.74) is 1.14. The molecule has 22 heavy (non-hydrogen) atoms. The molecule has 0 bridgehead atoms. The fraction of sp³-hybridized carbons (Fsp3) is 0. The third-order valence-electron chi connectivity index (χ3n) is 2.85. The number of rotatable bonds is 2. The monoisotopic (exact) mass is 316 g/mol. The molecule has 1 heterocycles. The molecule has 2 aromatic rings. The van der Waals surface area contributed by atoms with E-state index in [4.69, 9.17) is 0 Å². The summed E-state index contributed by atoms with van der Waals surface area (Å²) in [5, 5.41) is 3.02. The topological polar surface area (TPSA) is 41.5 Å². The zero-order valence-corrected chi connectivity index (χ0v) is 12.0. The lowest BCUT2D eigenvalue weighted by atomic mass is 10.2. The van der Waals surface area contributed by atoms with Crippen molar-refractivity contribution in [3.8, 4) is 0 Å². The van der Waals surface area contributed by atoms with Crippen LogP contribution in [-0.2, 0) is 4.79 Å². The van der Waals surface area contributed by atoms with Crippen molar-refractivity contribution in [1.82, 2.24) is 5.32 Å². The van der Waals surface area contributed by atoms with Gasteiger partial charge in [-0.05, 0) is 59.8 Å². The summed E-state index contributed by atoms with van der Waals surface area (Å²) in [7, 11) is 0. The molecule has 1 amide bonds. The first-order valence-electron chi connectivity index (χ1n) is 6.41. The van der Waals surface area contributed by atoms with Gasteiger partial charge in [-0.25, -0.2) is 13.8 Å². The molecule has 3 nitrogen and oxygen atoms in total. The summed E-state index contributed by atoms with van der Waals surface area (Å²) in [5.74, 6) is -1.01. The van der Waals surface area contributed by atoms with Crippen molar-refractivity contribution in [3.63, 3.8) is 0 Å². The molecule has 1 saturated heterocycles. The number of thioether (sulfide) groups is 1. The van der Waals surface area contributed by atoms with Crippen LogP contribution in [0.2, 0.25) is 0 Å². The maximum absolute atomic E-state index is 13.1. The molecule has 1 N–H and O–H groups in total. The van der Waals surface area contributed by atoms with Crippen LogP contribution in [-0.4, -0.2) is 11.1 Å². The van der Waals surface area contributed by atoms with Crippen molar-refractivity contribution in [1.29, 1.82) is 0 Å². The van der Waals surface area contributed by atoms with Gasteiger partial charge in [-0.1, -0.05) is 12.1 Å². The second kappa shape index (κ2) is 6.11. The standard InChI is InChI=1S/C16H10F2N2OS/c17-11-4-6-13(7-5-11)19-16-20-15(21)14(22-16)9-10-2-1-3-12(18)8-10/h1-9H,(H,19,20,21). The Bertz CT molecular complexity index is 785. The fourth-order valence-corrected chi connectivity index (χ4v) is 2.70. The Morgan fingerprint density at radius 3 is 2.55 bits per heavy atom. The van der Waals surface area contributed by atoms with Crippen LogP contribution in [0.15, 0.2) is 58.4 Å². The van der Waals surface area contributed by atoms with E-state index in [-0.39, 0.29) is 17.5 Å². The molecule has 2 aromatic carbocycles. The number of amidine groups is 1. The van der Waals surface area contributed by atoms with E-state index in [1.165, 1.54) is 36.4 Å². The molecule has 0 radical (unpaired) electrons. The second-order valence-corrected chi connectivity index (χ2v) is 5.54. The Kier molecular flexibility index (Phi) is 4.02. The number of benzene rings is 2. The predicted octanol–water partition coefficient (Wildman–Crippen LogP) is 3.86. The summed E-state index contributed by atoms with van der Waals surface area (Å²) in [4.78, 5) is 16.5. The zero-order valence-electron chi connectivity index (χ0n) is 11.2. The highest BCUT2D eigenvalue weighted by atomic mass is 32.2. The van der Waals surface area contributed by atoms with Crippen molar-refractivity contribution in [3.05, 3.63) is 70.6 Å². The van der Waals surface area contributed by atoms with Gasteiger partial charge in [0, 0.05) is 0 Å². The average Bonchev–Trinajstić information content (AvgIpc) is 2.81. The third-order valence-corrected chi connectivity index (χ3v) is 3.76. The van der Waals surface area contributed by atoms with E-state index in [9.17, 15) is 13.6 Å². The predicted molar refractivity (Wildman–Crippen MR) is 83.6 cm³/mol. The molecule has 3 rings (SSSR count). The largest absolute Gasteiger partial charge is 0.300 e. The summed E-state index contributed by atoms with van der Waals surface area (Å²) in [6.07, 6.45) is 1.59. The first-order chi connectivity index (χ1) is 10.6. The second-order valence-electron chi connectivity index (χ2n) is 4.51. The van der Waals surface area contributed by atoms with Crippen LogP contribution < -0.4 is 5.32 Å². The number of carbonyl (C=O) groups excluding carboxylic acids is 1. The summed E-state index contributed by atoms with van der Waals surface area (Å²) in [6, 6.07) is 11.6. The average molecular weight is 316 g/mol. The number of halogens is 2. The number of hydrogen-bond donors (Lipinski definition) is 1. The Balaban J connectivity index is 1.82. The molecule has 0 unspecified atom stereocenters. The van der Waals surface area contributed by atoms with E-state index in [0.29, 0.717) is 21.3 Å². The summed E-state index contributed by atoms with van der Waals surface area (Å²) >= 11 is 1.15. The SMILES string of the molecule is O=C1NC(=Nc2ccc(F)cc2)SC1=Cc1cccc(F)c1. The molecular formula is C16H10F2N2OS. The van der Waals surface area contributed by atoms with E-state index >= 15 is 0 Å². The van der Waals surface area contributed by atoms with Gasteiger partial charge in [0.1, 0.15) is 11.6 Å². The lowest BCUT2D eigenvalue weighted by Gasteiger charge is -1.96. The molecule has 0 spiro atoms. The van der Waals surface area contributed by atoms with Gasteiger partial charge in [-0.2, -0.15) is 0 Å². The first kappa shape index (κ1) is 14.5. The van der Waals surface area contributed by atoms with Crippen molar-refractivity contribution in [2.45, 2.75) is 0 Å². The van der Waals surface area contributed by atoms with Crippen molar-refractivity contribution in [2.24, 2.45) is 4.99 Å². The number of nitrogens with zero attached hydrogens (tertiary/aromatic N) is 1. The fourth-order valence-electron chi connectivity index (χ4n) is 1.86. The summed E-state index contributed by atoms with van der Waals surface area (Å²) in [6.45, 7) is 0. The van der Waals surface area contributed by atoms with Crippen LogP contribution in [0.1, 0.15) is 5.56 Å². The Morgan fingerprint density at radius 1 is 1.05 bits per heavy atom. The van der Waals surface area contributed by atoms with Crippen molar-refractivity contribution < 1.29 is 13.6 Å². The van der Waals surface area contributed by atoms with E-state index in [0.717, 1.165) is 11.8 Å². The highest BCUT2D eigenvalue weighted by Crippen LogP contribution is 2.28. The molecular weight excluding hydrogens is 306 g/mol. The molecule has 0 atom stereocenters. The normalized spacial score (nSPS) is 18.0. The molecule has 1 aliphatic rings. The third kappa shape index (κ3) is 3.40. The van der Waals surface area contributed by atoms with Crippen molar-refractivity contribution in [2.75, 3.05) is 0 Å². The maximum atomic E-state index is 13.1. The molecule has 1 fully saturated rings. The maximum Gasteiger partial charge on any atom is 0.264 e. The minimum absolute atomic E-state index is 0.296. The van der Waals surface area contributed by atoms with Crippen molar-refractivity contribution >= 4 is 34.6 Å². The number of hydrogen-bond acceptors (Lipinski definition) is 3. The molecule has 6 heteroatoms. The van der Waals surface area contributed by atoms with Gasteiger partial charge >= 0.3 is 0 Å². The molecule has 1 aliphatic heterocycles. The molecule has 0 aliphatic carbocycles. The van der Waals surface area contributed by atoms with Crippen LogP contribution in [0, 0.1) is 11.6 Å². The number of carbonyl (C=O) groups is 1. The molecule has 110 valence electrons. The van der Waals surface area contributed by atoms with E-state index in [1.807, 2.05) is 0 Å². The molecule has 0 aromatic heterocycles. The minimum Gasteiger partial charge on any atom is -0.300 e. The number of amides is 1. The van der Waals surface area contributed by atoms with E-state index in [1.54, 1.807) is 18.2 Å². The van der Waals surface area contributed by atoms with Gasteiger partial charge in [-0.15, -0.1) is 0 Å². The van der Waals surface area contributed by atoms with Gasteiger partial charge in [0.25, 0.3) is 5.91 Å². The van der Waals surface area contributed by atoms with Crippen LogP contribution in [0.5, 0.6) is 0 Å². The molecule has 0 saturated carbocycles. The smallest absolute Gasteiger partial charge is 0.264 e. The zero-order chi connectivity index (χ0) is 15.5. The highest BCUT2D eigenvalue weighted by Gasteiger charge is 2.23. The van der Waals surface area contributed by atoms with Crippen LogP contribution in [0.4, 0.5) is 14.5 Å². The highest BCUT2D eigenvalue weighted by molar-refractivity contribution is 8.18. The van der Waals surface area contributed by atoms with Gasteiger partial charge < -0.3 is 5.32 Å². The Morgan fingerprint density at radius 2 is 1.82 bits per heavy atom. The van der Waals surface area contributed by atoms with Gasteiger partial charge in [0.2, 0.25) is 0 Å².